The van der Waals surface area contributed by atoms with Gasteiger partial charge in [-0.1, -0.05) is 12.1 Å². The molecule has 0 spiro atoms. The van der Waals surface area contributed by atoms with Crippen molar-refractivity contribution in [3.05, 3.63) is 80.5 Å². The van der Waals surface area contributed by atoms with Crippen molar-refractivity contribution in [3.63, 3.8) is 0 Å². The van der Waals surface area contributed by atoms with E-state index in [4.69, 9.17) is 9.15 Å². The summed E-state index contributed by atoms with van der Waals surface area (Å²) < 4.78 is 11.3. The van der Waals surface area contributed by atoms with Crippen molar-refractivity contribution in [2.24, 2.45) is 5.10 Å². The molecular weight excluding hydrogens is 442 g/mol. The second-order valence-electron chi connectivity index (χ2n) is 5.94. The third kappa shape index (κ3) is 5.29. The Kier molecular flexibility index (Phi) is 6.40. The third-order valence-electron chi connectivity index (χ3n) is 3.96. The van der Waals surface area contributed by atoms with Crippen LogP contribution in [0.3, 0.4) is 0 Å². The average Bonchev–Trinajstić information content (AvgIpc) is 3.17. The maximum absolute atomic E-state index is 12.0. The van der Waals surface area contributed by atoms with Crippen molar-refractivity contribution < 1.29 is 18.9 Å². The van der Waals surface area contributed by atoms with Gasteiger partial charge in [0.25, 0.3) is 5.69 Å². The van der Waals surface area contributed by atoms with Crippen molar-refractivity contribution in [1.29, 1.82) is 0 Å². The van der Waals surface area contributed by atoms with Gasteiger partial charge >= 0.3 is 0 Å². The normalized spacial score (nSPS) is 10.8. The Hall–Kier alpha value is -3.46. The van der Waals surface area contributed by atoms with Gasteiger partial charge in [0.2, 0.25) is 5.91 Å². The Morgan fingerprint density at radius 3 is 2.66 bits per heavy atom. The molecule has 148 valence electrons. The van der Waals surface area contributed by atoms with Crippen LogP contribution in [0.5, 0.6) is 5.75 Å². The molecule has 9 heteroatoms. The van der Waals surface area contributed by atoms with Crippen molar-refractivity contribution in [1.82, 2.24) is 5.43 Å². The number of nitrogens with one attached hydrogen (secondary N) is 1. The minimum atomic E-state index is -0.469. The number of furan rings is 1. The first kappa shape index (κ1) is 20.3. The van der Waals surface area contributed by atoms with Gasteiger partial charge in [-0.15, -0.1) is 0 Å². The molecule has 0 unspecified atom stereocenters. The molecule has 0 aliphatic carbocycles. The van der Waals surface area contributed by atoms with Gasteiger partial charge in [-0.25, -0.2) is 5.43 Å². The Morgan fingerprint density at radius 1 is 1.24 bits per heavy atom. The van der Waals surface area contributed by atoms with Crippen molar-refractivity contribution in [2.45, 2.75) is 6.42 Å². The molecule has 2 aromatic carbocycles. The Labute approximate surface area is 174 Å². The number of nitro groups is 1. The highest BCUT2D eigenvalue weighted by atomic mass is 79.9. The second-order valence-corrected chi connectivity index (χ2v) is 6.80. The van der Waals surface area contributed by atoms with Gasteiger partial charge in [0.05, 0.1) is 24.7 Å². The monoisotopic (exact) mass is 457 g/mol. The highest BCUT2D eigenvalue weighted by molar-refractivity contribution is 9.10. The number of amides is 1. The van der Waals surface area contributed by atoms with Gasteiger partial charge in [0.1, 0.15) is 17.3 Å². The van der Waals surface area contributed by atoms with E-state index in [1.807, 2.05) is 12.1 Å². The number of carbonyl (C=O) groups is 1. The van der Waals surface area contributed by atoms with Gasteiger partial charge in [-0.05, 0) is 51.8 Å². The number of ether oxygens (including phenoxy) is 1. The molecule has 1 N–H and O–H groups in total. The lowest BCUT2D eigenvalue weighted by molar-refractivity contribution is -0.384. The molecule has 0 radical (unpaired) electrons. The SMILES string of the molecule is COc1ccc(CC(=O)N/N=C\c2ccc(-c3ccc([N+](=O)[O-])cc3Br)o2)cc1. The molecule has 3 aromatic rings. The minimum absolute atomic E-state index is 0.0199. The number of non-ortho nitro benzene ring substituents is 1. The van der Waals surface area contributed by atoms with Gasteiger partial charge in [0, 0.05) is 22.2 Å². The molecule has 3 rings (SSSR count). The van der Waals surface area contributed by atoms with Crippen LogP contribution in [0.25, 0.3) is 11.3 Å². The lowest BCUT2D eigenvalue weighted by Crippen LogP contribution is -2.19. The average molecular weight is 458 g/mol. The summed E-state index contributed by atoms with van der Waals surface area (Å²) in [6.07, 6.45) is 1.56. The molecule has 0 bridgehead atoms. The molecule has 8 nitrogen and oxygen atoms in total. The second kappa shape index (κ2) is 9.16. The number of hydrazone groups is 1. The van der Waals surface area contributed by atoms with Crippen LogP contribution in [-0.2, 0) is 11.2 Å². The number of methoxy groups -OCH3 is 1. The van der Waals surface area contributed by atoms with E-state index >= 15 is 0 Å². The van der Waals surface area contributed by atoms with Crippen LogP contribution in [0.2, 0.25) is 0 Å². The van der Waals surface area contributed by atoms with E-state index in [1.54, 1.807) is 37.4 Å². The fourth-order valence-electron chi connectivity index (χ4n) is 2.52. The number of rotatable bonds is 7. The fourth-order valence-corrected chi connectivity index (χ4v) is 3.08. The zero-order valence-electron chi connectivity index (χ0n) is 15.3. The fraction of sp³-hybridized carbons (Fsp3) is 0.100. The van der Waals surface area contributed by atoms with Gasteiger partial charge < -0.3 is 9.15 Å². The summed E-state index contributed by atoms with van der Waals surface area (Å²) in [5, 5.41) is 14.7. The maximum atomic E-state index is 12.0. The third-order valence-corrected chi connectivity index (χ3v) is 4.62. The van der Waals surface area contributed by atoms with Crippen LogP contribution in [0.15, 0.2) is 68.6 Å². The van der Waals surface area contributed by atoms with Crippen molar-refractivity contribution in [3.8, 4) is 17.1 Å². The van der Waals surface area contributed by atoms with E-state index < -0.39 is 4.92 Å². The zero-order chi connectivity index (χ0) is 20.8. The number of benzene rings is 2. The van der Waals surface area contributed by atoms with E-state index in [-0.39, 0.29) is 18.0 Å². The smallest absolute Gasteiger partial charge is 0.270 e. The number of halogens is 1. The number of hydrogen-bond acceptors (Lipinski definition) is 6. The van der Waals surface area contributed by atoms with Crippen molar-refractivity contribution in [2.75, 3.05) is 7.11 Å². The van der Waals surface area contributed by atoms with E-state index in [0.717, 1.165) is 11.3 Å². The largest absolute Gasteiger partial charge is 0.497 e. The molecule has 1 aromatic heterocycles. The molecule has 1 heterocycles. The van der Waals surface area contributed by atoms with E-state index in [9.17, 15) is 14.9 Å². The van der Waals surface area contributed by atoms with Gasteiger partial charge in [0.15, 0.2) is 0 Å². The zero-order valence-corrected chi connectivity index (χ0v) is 16.9. The molecule has 0 aliphatic rings. The Morgan fingerprint density at radius 2 is 2.00 bits per heavy atom. The van der Waals surface area contributed by atoms with Crippen LogP contribution in [0.1, 0.15) is 11.3 Å². The molecule has 1 amide bonds. The van der Waals surface area contributed by atoms with Crippen LogP contribution in [-0.4, -0.2) is 24.2 Å². The standard InChI is InChI=1S/C20H16BrN3O5/c1-28-15-5-2-13(3-6-15)10-20(25)23-22-12-16-7-9-19(29-16)17-8-4-14(24(26)27)11-18(17)21/h2-9,11-12H,10H2,1H3,(H,23,25)/b22-12-. The summed E-state index contributed by atoms with van der Waals surface area (Å²) in [6, 6.07) is 15.0. The molecule has 0 aliphatic heterocycles. The summed E-state index contributed by atoms with van der Waals surface area (Å²) in [6.45, 7) is 0. The molecule has 0 atom stereocenters. The number of nitro benzene ring substituents is 1. The molecule has 0 saturated heterocycles. The van der Waals surface area contributed by atoms with Crippen LogP contribution in [0, 0.1) is 10.1 Å². The first-order valence-corrected chi connectivity index (χ1v) is 9.24. The van der Waals surface area contributed by atoms with Gasteiger partial charge in [-0.3, -0.25) is 14.9 Å². The molecule has 0 fully saturated rings. The summed E-state index contributed by atoms with van der Waals surface area (Å²) in [5.74, 6) is 1.39. The maximum Gasteiger partial charge on any atom is 0.270 e. The van der Waals surface area contributed by atoms with Crippen LogP contribution in [0.4, 0.5) is 5.69 Å². The van der Waals surface area contributed by atoms with E-state index in [1.165, 1.54) is 18.3 Å². The number of hydrogen-bond donors (Lipinski definition) is 1. The molecule has 29 heavy (non-hydrogen) atoms. The highest BCUT2D eigenvalue weighted by Gasteiger charge is 2.13. The summed E-state index contributed by atoms with van der Waals surface area (Å²) in [4.78, 5) is 22.3. The van der Waals surface area contributed by atoms with E-state index in [0.29, 0.717) is 21.6 Å². The van der Waals surface area contributed by atoms with Crippen molar-refractivity contribution >= 4 is 33.7 Å². The summed E-state index contributed by atoms with van der Waals surface area (Å²) >= 11 is 3.31. The first-order valence-electron chi connectivity index (χ1n) is 8.45. The molecule has 0 saturated carbocycles. The minimum Gasteiger partial charge on any atom is -0.497 e. The number of nitrogens with zero attached hydrogens (tertiary/aromatic N) is 2. The Bertz CT molecular complexity index is 1060. The first-order chi connectivity index (χ1) is 14.0. The lowest BCUT2D eigenvalue weighted by Gasteiger charge is -2.02. The predicted molar refractivity (Wildman–Crippen MR) is 111 cm³/mol. The lowest BCUT2D eigenvalue weighted by atomic mass is 10.1. The quantitative estimate of drug-likeness (QED) is 0.323. The Balaban J connectivity index is 1.60. The van der Waals surface area contributed by atoms with Gasteiger partial charge in [-0.2, -0.15) is 5.10 Å². The summed E-state index contributed by atoms with van der Waals surface area (Å²) in [5.41, 5.74) is 3.92. The highest BCUT2D eigenvalue weighted by Crippen LogP contribution is 2.32. The predicted octanol–water partition coefficient (Wildman–Crippen LogP) is 4.32. The topological polar surface area (TPSA) is 107 Å². The van der Waals surface area contributed by atoms with Crippen LogP contribution >= 0.6 is 15.9 Å². The summed E-state index contributed by atoms with van der Waals surface area (Å²) in [7, 11) is 1.58. The van der Waals surface area contributed by atoms with E-state index in [2.05, 4.69) is 26.5 Å². The van der Waals surface area contributed by atoms with Crippen LogP contribution < -0.4 is 10.2 Å². The number of carbonyl (C=O) groups excluding carboxylic acids is 1. The molecular formula is C20H16BrN3O5.